The molecule has 0 saturated carbocycles. The van der Waals surface area contributed by atoms with Gasteiger partial charge < -0.3 is 0 Å². The minimum atomic E-state index is 0. The van der Waals surface area contributed by atoms with Gasteiger partial charge in [0, 0.05) is 8.41 Å². The van der Waals surface area contributed by atoms with Crippen molar-refractivity contribution in [3.8, 4) is 11.1 Å². The van der Waals surface area contributed by atoms with Crippen LogP contribution in [0, 0.1) is 0 Å². The Hall–Kier alpha value is -2.54. The summed E-state index contributed by atoms with van der Waals surface area (Å²) in [6, 6.07) is 26.6. The van der Waals surface area contributed by atoms with Gasteiger partial charge >= 0.3 is 0 Å². The van der Waals surface area contributed by atoms with Gasteiger partial charge in [-0.3, -0.25) is 0 Å². The van der Waals surface area contributed by atoms with Crippen LogP contribution < -0.4 is 0 Å². The average molecular weight is 277 g/mol. The first-order chi connectivity index (χ1) is 10.4. The van der Waals surface area contributed by atoms with Crippen molar-refractivity contribution in [1.82, 2.24) is 0 Å². The first kappa shape index (κ1) is 13.2. The molecule has 0 spiro atoms. The van der Waals surface area contributed by atoms with Crippen molar-refractivity contribution in [2.75, 3.05) is 0 Å². The lowest BCUT2D eigenvalue weighted by molar-refractivity contribution is 1.20. The zero-order valence-electron chi connectivity index (χ0n) is 12.2. The van der Waals surface area contributed by atoms with Crippen LogP contribution in [0.1, 0.15) is 11.1 Å². The van der Waals surface area contributed by atoms with Crippen molar-refractivity contribution >= 4 is 30.0 Å². The van der Waals surface area contributed by atoms with Gasteiger partial charge in [-0.05, 0) is 56.3 Å². The maximum absolute atomic E-state index is 2.32. The van der Waals surface area contributed by atoms with E-state index in [0.717, 1.165) is 6.42 Å². The second kappa shape index (κ2) is 4.74. The lowest BCUT2D eigenvalue weighted by atomic mass is 9.81. The van der Waals surface area contributed by atoms with Crippen molar-refractivity contribution in [1.29, 1.82) is 0 Å². The molecule has 5 rings (SSSR count). The lowest BCUT2D eigenvalue weighted by Gasteiger charge is -2.22. The molecule has 0 N–H and O–H groups in total. The smallest absolute Gasteiger partial charge is 0 e. The molecular formula is C21H14B. The zero-order valence-corrected chi connectivity index (χ0v) is 12.2. The first-order valence-electron chi connectivity index (χ1n) is 7.43. The van der Waals surface area contributed by atoms with Crippen molar-refractivity contribution in [3.63, 3.8) is 0 Å². The molecule has 0 saturated heterocycles. The fraction of sp³-hybridized carbons (Fsp3) is 0.0476. The molecule has 0 heterocycles. The Balaban J connectivity index is 0.00000125. The highest BCUT2D eigenvalue weighted by Crippen LogP contribution is 2.43. The summed E-state index contributed by atoms with van der Waals surface area (Å²) >= 11 is 0. The van der Waals surface area contributed by atoms with Gasteiger partial charge in [-0.25, -0.2) is 0 Å². The van der Waals surface area contributed by atoms with Crippen LogP contribution in [0.25, 0.3) is 32.7 Å². The summed E-state index contributed by atoms with van der Waals surface area (Å²) < 4.78 is 0. The molecule has 0 amide bonds. The van der Waals surface area contributed by atoms with Crippen LogP contribution in [0.4, 0.5) is 0 Å². The highest BCUT2D eigenvalue weighted by atomic mass is 14.2. The van der Waals surface area contributed by atoms with Gasteiger partial charge in [-0.2, -0.15) is 0 Å². The van der Waals surface area contributed by atoms with Gasteiger partial charge in [-0.1, -0.05) is 66.7 Å². The number of rotatable bonds is 0. The third-order valence-corrected chi connectivity index (χ3v) is 4.64. The van der Waals surface area contributed by atoms with E-state index >= 15 is 0 Å². The van der Waals surface area contributed by atoms with E-state index < -0.39 is 0 Å². The Morgan fingerprint density at radius 3 is 2.32 bits per heavy atom. The van der Waals surface area contributed by atoms with E-state index in [1.807, 2.05) is 0 Å². The minimum absolute atomic E-state index is 0. The molecule has 4 aromatic rings. The topological polar surface area (TPSA) is 0 Å². The summed E-state index contributed by atoms with van der Waals surface area (Å²) in [4.78, 5) is 0. The second-order valence-electron chi connectivity index (χ2n) is 5.82. The predicted molar refractivity (Wildman–Crippen MR) is 95.5 cm³/mol. The normalized spacial score (nSPS) is 12.0. The summed E-state index contributed by atoms with van der Waals surface area (Å²) in [7, 11) is 0. The van der Waals surface area contributed by atoms with Crippen LogP contribution in [-0.2, 0) is 6.42 Å². The molecule has 0 unspecified atom stereocenters. The van der Waals surface area contributed by atoms with Gasteiger partial charge in [0.2, 0.25) is 0 Å². The molecule has 0 nitrogen and oxygen atoms in total. The van der Waals surface area contributed by atoms with Crippen molar-refractivity contribution in [3.05, 3.63) is 83.9 Å². The molecule has 1 aliphatic carbocycles. The van der Waals surface area contributed by atoms with Gasteiger partial charge in [0.1, 0.15) is 0 Å². The molecule has 0 aliphatic heterocycles. The summed E-state index contributed by atoms with van der Waals surface area (Å²) in [5, 5.41) is 5.49. The average Bonchev–Trinajstić information content (AvgIpc) is 2.54. The molecule has 22 heavy (non-hydrogen) atoms. The van der Waals surface area contributed by atoms with Crippen LogP contribution in [-0.4, -0.2) is 8.41 Å². The van der Waals surface area contributed by atoms with E-state index in [2.05, 4.69) is 72.8 Å². The minimum Gasteiger partial charge on any atom is -0.0619 e. The highest BCUT2D eigenvalue weighted by Gasteiger charge is 2.19. The Bertz CT molecular complexity index is 1010. The lowest BCUT2D eigenvalue weighted by Crippen LogP contribution is -2.01. The Labute approximate surface area is 132 Å². The molecular weight excluding hydrogens is 263 g/mol. The monoisotopic (exact) mass is 277 g/mol. The molecule has 0 fully saturated rings. The van der Waals surface area contributed by atoms with Crippen molar-refractivity contribution < 1.29 is 0 Å². The zero-order chi connectivity index (χ0) is 13.8. The van der Waals surface area contributed by atoms with E-state index in [-0.39, 0.29) is 8.41 Å². The van der Waals surface area contributed by atoms with Crippen molar-refractivity contribution in [2.24, 2.45) is 0 Å². The standard InChI is InChI=1S/C21H14.B/c1-3-10-18-14(6-1)12-16-8-5-9-17-13-15-7-2-4-11-19(15)21(18)20(16)17;/h1-12H,13H2;. The molecule has 0 aromatic heterocycles. The number of hydrogen-bond acceptors (Lipinski definition) is 0. The largest absolute Gasteiger partial charge is 0.0619 e. The van der Waals surface area contributed by atoms with Crippen molar-refractivity contribution in [2.45, 2.75) is 6.42 Å². The molecule has 0 bridgehead atoms. The maximum Gasteiger partial charge on any atom is 0 e. The number of hydrogen-bond donors (Lipinski definition) is 0. The van der Waals surface area contributed by atoms with Crippen LogP contribution in [0.3, 0.4) is 0 Å². The molecule has 4 aromatic carbocycles. The maximum atomic E-state index is 2.32. The number of fused-ring (bicyclic) bond motifs is 4. The Kier molecular flexibility index (Phi) is 2.83. The van der Waals surface area contributed by atoms with Crippen LogP contribution >= 0.6 is 0 Å². The summed E-state index contributed by atoms with van der Waals surface area (Å²) in [5.41, 5.74) is 5.71. The Morgan fingerprint density at radius 1 is 0.636 bits per heavy atom. The third kappa shape index (κ3) is 1.66. The summed E-state index contributed by atoms with van der Waals surface area (Å²) in [6.45, 7) is 0. The van der Waals surface area contributed by atoms with Crippen LogP contribution in [0.2, 0.25) is 0 Å². The molecule has 3 radical (unpaired) electrons. The molecule has 101 valence electrons. The third-order valence-electron chi connectivity index (χ3n) is 4.64. The van der Waals surface area contributed by atoms with Gasteiger partial charge in [0.25, 0.3) is 0 Å². The van der Waals surface area contributed by atoms with E-state index in [0.29, 0.717) is 0 Å². The first-order valence-corrected chi connectivity index (χ1v) is 7.43. The molecule has 0 atom stereocenters. The van der Waals surface area contributed by atoms with Crippen LogP contribution in [0.15, 0.2) is 72.8 Å². The fourth-order valence-corrected chi connectivity index (χ4v) is 3.75. The second-order valence-corrected chi connectivity index (χ2v) is 5.82. The molecule has 1 aliphatic rings. The SMILES string of the molecule is [B].c1ccc2c(c1)Cc1cccc3cc4ccccc4c-2c13. The fourth-order valence-electron chi connectivity index (χ4n) is 3.75. The Morgan fingerprint density at radius 2 is 1.36 bits per heavy atom. The number of benzene rings is 4. The van der Waals surface area contributed by atoms with Crippen LogP contribution in [0.5, 0.6) is 0 Å². The van der Waals surface area contributed by atoms with E-state index in [9.17, 15) is 0 Å². The predicted octanol–water partition coefficient (Wildman–Crippen LogP) is 5.18. The summed E-state index contributed by atoms with van der Waals surface area (Å²) in [5.74, 6) is 0. The van der Waals surface area contributed by atoms with E-state index in [4.69, 9.17) is 0 Å². The quantitative estimate of drug-likeness (QED) is 0.270. The molecule has 1 heteroatoms. The van der Waals surface area contributed by atoms with Gasteiger partial charge in [-0.15, -0.1) is 0 Å². The van der Waals surface area contributed by atoms with E-state index in [1.165, 1.54) is 43.8 Å². The van der Waals surface area contributed by atoms with E-state index in [1.54, 1.807) is 0 Å². The van der Waals surface area contributed by atoms with Gasteiger partial charge in [0.15, 0.2) is 0 Å². The highest BCUT2D eigenvalue weighted by molar-refractivity contribution is 6.15. The van der Waals surface area contributed by atoms with Gasteiger partial charge in [0.05, 0.1) is 0 Å². The summed E-state index contributed by atoms with van der Waals surface area (Å²) in [6.07, 6.45) is 1.04.